The van der Waals surface area contributed by atoms with Gasteiger partial charge in [-0.25, -0.2) is 0 Å². The van der Waals surface area contributed by atoms with Gasteiger partial charge >= 0.3 is 5.97 Å². The molecule has 0 amide bonds. The van der Waals surface area contributed by atoms with Crippen LogP contribution in [-0.2, 0) is 16.1 Å². The minimum atomic E-state index is -0.225. The number of carbonyl (C=O) groups is 1. The van der Waals surface area contributed by atoms with Crippen LogP contribution in [0.4, 0.5) is 0 Å². The first-order valence-corrected chi connectivity index (χ1v) is 5.21. The zero-order valence-electron chi connectivity index (χ0n) is 9.73. The van der Waals surface area contributed by atoms with Crippen LogP contribution in [0.15, 0.2) is 12.3 Å². The predicted molar refractivity (Wildman–Crippen MR) is 57.5 cm³/mol. The molecule has 1 atom stereocenters. The molecule has 0 aliphatic heterocycles. The number of methoxy groups -OCH3 is 1. The Hall–Kier alpha value is -1.32. The summed E-state index contributed by atoms with van der Waals surface area (Å²) in [5.74, 6) is -0.211. The summed E-state index contributed by atoms with van der Waals surface area (Å²) in [6.45, 7) is 6.79. The Morgan fingerprint density at radius 2 is 2.27 bits per heavy atom. The van der Waals surface area contributed by atoms with Crippen molar-refractivity contribution in [3.63, 3.8) is 0 Å². The van der Waals surface area contributed by atoms with E-state index >= 15 is 0 Å². The summed E-state index contributed by atoms with van der Waals surface area (Å²) in [5, 5.41) is 4.16. The second-order valence-corrected chi connectivity index (χ2v) is 3.82. The monoisotopic (exact) mass is 210 g/mol. The third kappa shape index (κ3) is 2.37. The van der Waals surface area contributed by atoms with Gasteiger partial charge in [0.2, 0.25) is 0 Å². The maximum atomic E-state index is 11.7. The number of aryl methyl sites for hydroxylation is 1. The molecule has 1 aromatic rings. The Morgan fingerprint density at radius 3 is 2.73 bits per heavy atom. The average molecular weight is 210 g/mol. The van der Waals surface area contributed by atoms with Gasteiger partial charge in [-0.05, 0) is 18.9 Å². The number of hydrogen-bond donors (Lipinski definition) is 0. The lowest BCUT2D eigenvalue weighted by Gasteiger charge is -2.19. The number of rotatable bonds is 4. The normalized spacial score (nSPS) is 12.9. The van der Waals surface area contributed by atoms with E-state index in [0.717, 1.165) is 12.2 Å². The smallest absolute Gasteiger partial charge is 0.314 e. The standard InChI is InChI=1S/C11H18N2O2/c1-5-13-9(6-7-12-13)10(8(2)3)11(14)15-4/h6-8,10H,5H2,1-4H3. The highest BCUT2D eigenvalue weighted by Gasteiger charge is 2.27. The van der Waals surface area contributed by atoms with Gasteiger partial charge in [0, 0.05) is 12.7 Å². The van der Waals surface area contributed by atoms with Crippen LogP contribution < -0.4 is 0 Å². The summed E-state index contributed by atoms with van der Waals surface area (Å²) in [6.07, 6.45) is 1.72. The van der Waals surface area contributed by atoms with Crippen molar-refractivity contribution in [2.45, 2.75) is 33.2 Å². The van der Waals surface area contributed by atoms with Gasteiger partial charge in [0.15, 0.2) is 0 Å². The SMILES string of the molecule is CCn1nccc1C(C(=O)OC)C(C)C. The third-order valence-corrected chi connectivity index (χ3v) is 2.49. The molecule has 15 heavy (non-hydrogen) atoms. The molecule has 4 heteroatoms. The molecule has 1 rings (SSSR count). The fraction of sp³-hybridized carbons (Fsp3) is 0.636. The van der Waals surface area contributed by atoms with Crippen molar-refractivity contribution in [2.75, 3.05) is 7.11 Å². The molecular formula is C11H18N2O2. The van der Waals surface area contributed by atoms with E-state index in [-0.39, 0.29) is 17.8 Å². The number of nitrogens with zero attached hydrogens (tertiary/aromatic N) is 2. The highest BCUT2D eigenvalue weighted by molar-refractivity contribution is 5.77. The van der Waals surface area contributed by atoms with Gasteiger partial charge < -0.3 is 4.74 Å². The van der Waals surface area contributed by atoms with Crippen molar-refractivity contribution in [3.8, 4) is 0 Å². The Bertz CT molecular complexity index is 331. The molecular weight excluding hydrogens is 192 g/mol. The molecule has 0 bridgehead atoms. The topological polar surface area (TPSA) is 44.1 Å². The number of esters is 1. The van der Waals surface area contributed by atoms with Crippen LogP contribution in [-0.4, -0.2) is 22.9 Å². The van der Waals surface area contributed by atoms with E-state index in [9.17, 15) is 4.79 Å². The van der Waals surface area contributed by atoms with Crippen molar-refractivity contribution in [1.29, 1.82) is 0 Å². The molecule has 1 aromatic heterocycles. The van der Waals surface area contributed by atoms with E-state index in [1.54, 1.807) is 6.20 Å². The molecule has 1 heterocycles. The predicted octanol–water partition coefficient (Wildman–Crippen LogP) is 1.82. The molecule has 0 fully saturated rings. The summed E-state index contributed by atoms with van der Waals surface area (Å²) < 4.78 is 6.65. The number of aromatic nitrogens is 2. The molecule has 0 spiro atoms. The summed E-state index contributed by atoms with van der Waals surface area (Å²) in [6, 6.07) is 1.88. The third-order valence-electron chi connectivity index (χ3n) is 2.49. The average Bonchev–Trinajstić information content (AvgIpc) is 2.65. The zero-order valence-corrected chi connectivity index (χ0v) is 9.73. The first-order valence-electron chi connectivity index (χ1n) is 5.21. The Morgan fingerprint density at radius 1 is 1.60 bits per heavy atom. The van der Waals surface area contributed by atoms with E-state index in [2.05, 4.69) is 5.10 Å². The highest BCUT2D eigenvalue weighted by Crippen LogP contribution is 2.25. The minimum absolute atomic E-state index is 0.194. The van der Waals surface area contributed by atoms with Crippen molar-refractivity contribution in [1.82, 2.24) is 9.78 Å². The molecule has 1 unspecified atom stereocenters. The van der Waals surface area contributed by atoms with Gasteiger partial charge in [-0.1, -0.05) is 13.8 Å². The van der Waals surface area contributed by atoms with Crippen molar-refractivity contribution >= 4 is 5.97 Å². The van der Waals surface area contributed by atoms with E-state index in [1.165, 1.54) is 7.11 Å². The molecule has 0 aromatic carbocycles. The van der Waals surface area contributed by atoms with Crippen LogP contribution in [0, 0.1) is 5.92 Å². The maximum Gasteiger partial charge on any atom is 0.314 e. The molecule has 0 aliphatic carbocycles. The number of ether oxygens (including phenoxy) is 1. The Balaban J connectivity index is 3.04. The first kappa shape index (κ1) is 11.8. The molecule has 0 N–H and O–H groups in total. The first-order chi connectivity index (χ1) is 7.11. The van der Waals surface area contributed by atoms with Crippen LogP contribution in [0.2, 0.25) is 0 Å². The van der Waals surface area contributed by atoms with Gasteiger partial charge in [0.25, 0.3) is 0 Å². The number of carbonyl (C=O) groups excluding carboxylic acids is 1. The van der Waals surface area contributed by atoms with Gasteiger partial charge in [-0.2, -0.15) is 5.10 Å². The van der Waals surface area contributed by atoms with E-state index in [1.807, 2.05) is 31.5 Å². The van der Waals surface area contributed by atoms with E-state index < -0.39 is 0 Å². The highest BCUT2D eigenvalue weighted by atomic mass is 16.5. The molecule has 0 saturated carbocycles. The summed E-state index contributed by atoms with van der Waals surface area (Å²) >= 11 is 0. The minimum Gasteiger partial charge on any atom is -0.468 e. The lowest BCUT2D eigenvalue weighted by Crippen LogP contribution is -2.22. The maximum absolute atomic E-state index is 11.7. The van der Waals surface area contributed by atoms with E-state index in [4.69, 9.17) is 4.74 Å². The molecule has 0 radical (unpaired) electrons. The Kier molecular flexibility index (Phi) is 3.88. The second kappa shape index (κ2) is 4.96. The quantitative estimate of drug-likeness (QED) is 0.712. The van der Waals surface area contributed by atoms with Crippen LogP contribution in [0.3, 0.4) is 0 Å². The molecule has 84 valence electrons. The van der Waals surface area contributed by atoms with Crippen LogP contribution in [0.25, 0.3) is 0 Å². The van der Waals surface area contributed by atoms with Crippen LogP contribution in [0.5, 0.6) is 0 Å². The molecule has 0 aliphatic rings. The largest absolute Gasteiger partial charge is 0.468 e. The van der Waals surface area contributed by atoms with Crippen molar-refractivity contribution < 1.29 is 9.53 Å². The zero-order chi connectivity index (χ0) is 11.4. The van der Waals surface area contributed by atoms with Gasteiger partial charge in [-0.15, -0.1) is 0 Å². The van der Waals surface area contributed by atoms with Gasteiger partial charge in [0.05, 0.1) is 12.8 Å². The van der Waals surface area contributed by atoms with Crippen LogP contribution >= 0.6 is 0 Å². The lowest BCUT2D eigenvalue weighted by molar-refractivity contribution is -0.143. The fourth-order valence-corrected chi connectivity index (χ4v) is 1.73. The van der Waals surface area contributed by atoms with E-state index in [0.29, 0.717) is 0 Å². The Labute approximate surface area is 90.2 Å². The fourth-order valence-electron chi connectivity index (χ4n) is 1.73. The summed E-state index contributed by atoms with van der Waals surface area (Å²) in [4.78, 5) is 11.7. The lowest BCUT2D eigenvalue weighted by atomic mass is 9.92. The summed E-state index contributed by atoms with van der Waals surface area (Å²) in [5.41, 5.74) is 0.930. The molecule has 4 nitrogen and oxygen atoms in total. The van der Waals surface area contributed by atoms with Gasteiger partial charge in [0.1, 0.15) is 5.92 Å². The summed E-state index contributed by atoms with van der Waals surface area (Å²) in [7, 11) is 1.42. The van der Waals surface area contributed by atoms with Crippen LogP contribution in [0.1, 0.15) is 32.4 Å². The van der Waals surface area contributed by atoms with Crippen molar-refractivity contribution in [2.24, 2.45) is 5.92 Å². The second-order valence-electron chi connectivity index (χ2n) is 3.82. The van der Waals surface area contributed by atoms with Crippen molar-refractivity contribution in [3.05, 3.63) is 18.0 Å². The molecule has 0 saturated heterocycles. The number of hydrogen-bond acceptors (Lipinski definition) is 3. The van der Waals surface area contributed by atoms with Gasteiger partial charge in [-0.3, -0.25) is 9.48 Å².